The first kappa shape index (κ1) is 19.8. The first-order valence-corrected chi connectivity index (χ1v) is 9.93. The zero-order valence-electron chi connectivity index (χ0n) is 16.8. The molecule has 154 valence electrons. The summed E-state index contributed by atoms with van der Waals surface area (Å²) in [7, 11) is 1.34. The fourth-order valence-corrected chi connectivity index (χ4v) is 3.71. The largest absolute Gasteiger partial charge is 0.469 e. The zero-order chi connectivity index (χ0) is 20.9. The second-order valence-corrected chi connectivity index (χ2v) is 7.21. The van der Waals surface area contributed by atoms with Crippen LogP contribution in [0.4, 0.5) is 0 Å². The van der Waals surface area contributed by atoms with Crippen LogP contribution >= 0.6 is 0 Å². The molecule has 0 radical (unpaired) electrons. The Morgan fingerprint density at radius 2 is 1.83 bits per heavy atom. The van der Waals surface area contributed by atoms with Gasteiger partial charge in [0.05, 0.1) is 24.9 Å². The van der Waals surface area contributed by atoms with E-state index in [1.165, 1.54) is 7.11 Å². The molecular formula is C23H24N4O3. The van der Waals surface area contributed by atoms with Crippen molar-refractivity contribution in [3.8, 4) is 16.9 Å². The van der Waals surface area contributed by atoms with Gasteiger partial charge in [-0.1, -0.05) is 48.5 Å². The number of hydrogen-bond acceptors (Lipinski definition) is 5. The summed E-state index contributed by atoms with van der Waals surface area (Å²) >= 11 is 0. The van der Waals surface area contributed by atoms with Crippen molar-refractivity contribution in [1.29, 1.82) is 0 Å². The molecule has 30 heavy (non-hydrogen) atoms. The van der Waals surface area contributed by atoms with Crippen LogP contribution < -0.4 is 5.32 Å². The fourth-order valence-electron chi connectivity index (χ4n) is 3.71. The third kappa shape index (κ3) is 4.26. The van der Waals surface area contributed by atoms with Crippen LogP contribution in [0.1, 0.15) is 12.0 Å². The monoisotopic (exact) mass is 404 g/mol. The molecule has 2 heterocycles. The molecule has 1 saturated heterocycles. The highest BCUT2D eigenvalue weighted by Crippen LogP contribution is 2.26. The number of nitrogens with one attached hydrogen (secondary N) is 1. The van der Waals surface area contributed by atoms with Crippen LogP contribution in [0, 0.1) is 0 Å². The molecule has 1 amide bonds. The van der Waals surface area contributed by atoms with E-state index in [4.69, 9.17) is 9.84 Å². The number of benzene rings is 2. The Morgan fingerprint density at radius 3 is 2.53 bits per heavy atom. The van der Waals surface area contributed by atoms with Crippen molar-refractivity contribution < 1.29 is 14.3 Å². The maximum atomic E-state index is 12.4. The van der Waals surface area contributed by atoms with Gasteiger partial charge >= 0.3 is 5.97 Å². The van der Waals surface area contributed by atoms with Crippen LogP contribution in [-0.4, -0.2) is 52.8 Å². The number of piperazine rings is 1. The van der Waals surface area contributed by atoms with E-state index < -0.39 is 12.0 Å². The zero-order valence-corrected chi connectivity index (χ0v) is 16.8. The summed E-state index contributed by atoms with van der Waals surface area (Å²) in [6, 6.07) is 19.3. The van der Waals surface area contributed by atoms with Gasteiger partial charge in [-0.3, -0.25) is 14.5 Å². The number of rotatable bonds is 6. The van der Waals surface area contributed by atoms with Crippen LogP contribution in [0.3, 0.4) is 0 Å². The van der Waals surface area contributed by atoms with E-state index in [0.29, 0.717) is 19.6 Å². The summed E-state index contributed by atoms with van der Waals surface area (Å²) in [6.45, 7) is 1.70. The van der Waals surface area contributed by atoms with Gasteiger partial charge in [0.2, 0.25) is 5.91 Å². The Hall–Kier alpha value is -3.45. The van der Waals surface area contributed by atoms with Gasteiger partial charge in [-0.05, 0) is 12.1 Å². The number of hydrogen-bond donors (Lipinski definition) is 1. The second-order valence-electron chi connectivity index (χ2n) is 7.21. The molecule has 0 spiro atoms. The van der Waals surface area contributed by atoms with Gasteiger partial charge in [0.15, 0.2) is 0 Å². The van der Waals surface area contributed by atoms with Crippen molar-refractivity contribution in [2.45, 2.75) is 19.0 Å². The van der Waals surface area contributed by atoms with Crippen molar-refractivity contribution in [3.63, 3.8) is 0 Å². The van der Waals surface area contributed by atoms with Crippen LogP contribution in [0.15, 0.2) is 66.9 Å². The average molecular weight is 404 g/mol. The summed E-state index contributed by atoms with van der Waals surface area (Å²) in [5.41, 5.74) is 3.83. The van der Waals surface area contributed by atoms with Gasteiger partial charge < -0.3 is 10.1 Å². The topological polar surface area (TPSA) is 76.5 Å². The predicted molar refractivity (Wildman–Crippen MR) is 113 cm³/mol. The summed E-state index contributed by atoms with van der Waals surface area (Å²) in [5.74, 6) is -0.548. The van der Waals surface area contributed by atoms with E-state index in [9.17, 15) is 9.59 Å². The first-order valence-electron chi connectivity index (χ1n) is 9.93. The molecule has 7 heteroatoms. The highest BCUT2D eigenvalue weighted by molar-refractivity contribution is 5.87. The molecular weight excluding hydrogens is 380 g/mol. The van der Waals surface area contributed by atoms with Crippen molar-refractivity contribution in [1.82, 2.24) is 20.0 Å². The summed E-state index contributed by atoms with van der Waals surface area (Å²) in [6.07, 6.45) is 2.02. The Bertz CT molecular complexity index is 1020. The van der Waals surface area contributed by atoms with Gasteiger partial charge in [0, 0.05) is 37.0 Å². The van der Waals surface area contributed by atoms with Gasteiger partial charge in [-0.25, -0.2) is 4.68 Å². The minimum atomic E-state index is -0.560. The predicted octanol–water partition coefficient (Wildman–Crippen LogP) is 2.40. The standard InChI is InChI=1S/C23H24N4O3/c1-30-21(28)14-20-23(29)24-12-13-26(20)15-18-16-27(19-10-6-3-7-11-19)25-22(18)17-8-4-2-5-9-17/h2-11,16,20H,12-15H2,1H3,(H,24,29). The lowest BCUT2D eigenvalue weighted by molar-refractivity contribution is -0.146. The Kier molecular flexibility index (Phi) is 5.90. The molecule has 1 aromatic heterocycles. The summed E-state index contributed by atoms with van der Waals surface area (Å²) in [4.78, 5) is 26.3. The Labute approximate surface area is 175 Å². The van der Waals surface area contributed by atoms with E-state index in [1.54, 1.807) is 0 Å². The number of para-hydroxylation sites is 1. The number of amides is 1. The Balaban J connectivity index is 1.69. The molecule has 0 aliphatic carbocycles. The number of ether oxygens (including phenoxy) is 1. The quantitative estimate of drug-likeness (QED) is 0.639. The molecule has 7 nitrogen and oxygen atoms in total. The maximum Gasteiger partial charge on any atom is 0.307 e. The molecule has 1 N–H and O–H groups in total. The molecule has 1 unspecified atom stereocenters. The van der Waals surface area contributed by atoms with Crippen LogP contribution in [0.5, 0.6) is 0 Å². The van der Waals surface area contributed by atoms with Gasteiger partial charge in [0.25, 0.3) is 0 Å². The molecule has 0 bridgehead atoms. The summed E-state index contributed by atoms with van der Waals surface area (Å²) in [5, 5.41) is 7.68. The first-order chi connectivity index (χ1) is 14.7. The normalized spacial score (nSPS) is 16.8. The van der Waals surface area contributed by atoms with Crippen LogP contribution in [0.25, 0.3) is 16.9 Å². The van der Waals surface area contributed by atoms with Crippen molar-refractivity contribution in [2.75, 3.05) is 20.2 Å². The van der Waals surface area contributed by atoms with E-state index in [-0.39, 0.29) is 12.3 Å². The number of carbonyl (C=O) groups excluding carboxylic acids is 2. The SMILES string of the molecule is COC(=O)CC1C(=O)NCCN1Cc1cn(-c2ccccc2)nc1-c1ccccc1. The van der Waals surface area contributed by atoms with Gasteiger partial charge in [-0.2, -0.15) is 5.10 Å². The second kappa shape index (κ2) is 8.92. The minimum Gasteiger partial charge on any atom is -0.469 e. The number of aromatic nitrogens is 2. The van der Waals surface area contributed by atoms with Crippen LogP contribution in [0.2, 0.25) is 0 Å². The highest BCUT2D eigenvalue weighted by atomic mass is 16.5. The third-order valence-corrected chi connectivity index (χ3v) is 5.26. The lowest BCUT2D eigenvalue weighted by Gasteiger charge is -2.34. The van der Waals surface area contributed by atoms with E-state index in [2.05, 4.69) is 5.32 Å². The molecule has 2 aromatic carbocycles. The molecule has 1 atom stereocenters. The van der Waals surface area contributed by atoms with Crippen LogP contribution in [-0.2, 0) is 20.9 Å². The molecule has 3 aromatic rings. The number of esters is 1. The van der Waals surface area contributed by atoms with Crippen molar-refractivity contribution in [2.24, 2.45) is 0 Å². The lowest BCUT2D eigenvalue weighted by atomic mass is 10.0. The minimum absolute atomic E-state index is 0.0236. The third-order valence-electron chi connectivity index (χ3n) is 5.26. The van der Waals surface area contributed by atoms with E-state index in [1.807, 2.05) is 76.4 Å². The molecule has 1 aliphatic rings. The van der Waals surface area contributed by atoms with Gasteiger partial charge in [-0.15, -0.1) is 0 Å². The average Bonchev–Trinajstić information content (AvgIpc) is 3.21. The fraction of sp³-hybridized carbons (Fsp3) is 0.261. The van der Waals surface area contributed by atoms with Crippen molar-refractivity contribution in [3.05, 3.63) is 72.4 Å². The lowest BCUT2D eigenvalue weighted by Crippen LogP contribution is -2.55. The number of methoxy groups -OCH3 is 1. The Morgan fingerprint density at radius 1 is 1.13 bits per heavy atom. The molecule has 4 rings (SSSR count). The molecule has 0 saturated carbocycles. The molecule has 1 aliphatic heterocycles. The molecule has 1 fully saturated rings. The number of carbonyl (C=O) groups is 2. The maximum absolute atomic E-state index is 12.4. The summed E-state index contributed by atoms with van der Waals surface area (Å²) < 4.78 is 6.65. The van der Waals surface area contributed by atoms with Crippen molar-refractivity contribution >= 4 is 11.9 Å². The van der Waals surface area contributed by atoms with E-state index >= 15 is 0 Å². The number of nitrogens with zero attached hydrogens (tertiary/aromatic N) is 3. The highest BCUT2D eigenvalue weighted by Gasteiger charge is 2.32. The van der Waals surface area contributed by atoms with E-state index in [0.717, 1.165) is 22.5 Å². The smallest absolute Gasteiger partial charge is 0.307 e. The van der Waals surface area contributed by atoms with Gasteiger partial charge in [0.1, 0.15) is 6.04 Å².